The Bertz CT molecular complexity index is 402. The molecule has 0 saturated carbocycles. The number of aliphatic hydroxyl groups excluding tert-OH is 1. The molecule has 0 radical (unpaired) electrons. The number of amides is 1. The lowest BCUT2D eigenvalue weighted by atomic mass is 9.91. The van der Waals surface area contributed by atoms with Gasteiger partial charge in [-0.1, -0.05) is 19.0 Å². The van der Waals surface area contributed by atoms with Gasteiger partial charge in [0.05, 0.1) is 12.3 Å². The Balaban J connectivity index is 2.19. The molecule has 5 nitrogen and oxygen atoms in total. The van der Waals surface area contributed by atoms with Crippen molar-refractivity contribution in [3.8, 4) is 0 Å². The minimum absolute atomic E-state index is 0.0193. The van der Waals surface area contributed by atoms with Crippen molar-refractivity contribution in [2.45, 2.75) is 45.3 Å². The first kappa shape index (κ1) is 13.1. The second-order valence-corrected chi connectivity index (χ2v) is 5.37. The van der Waals surface area contributed by atoms with E-state index in [1.807, 2.05) is 20.8 Å². The molecule has 1 aliphatic heterocycles. The van der Waals surface area contributed by atoms with Crippen LogP contribution in [0.2, 0.25) is 0 Å². The number of likely N-dealkylation sites (tertiary alicyclic amines) is 1. The van der Waals surface area contributed by atoms with E-state index in [1.54, 1.807) is 17.2 Å². The molecule has 2 rings (SSSR count). The van der Waals surface area contributed by atoms with Crippen LogP contribution < -0.4 is 0 Å². The third kappa shape index (κ3) is 2.41. The summed E-state index contributed by atoms with van der Waals surface area (Å²) in [6.45, 7) is 6.35. The van der Waals surface area contributed by atoms with E-state index >= 15 is 0 Å². The number of carbonyl (C=O) groups excluding carboxylic acids is 1. The highest BCUT2D eigenvalue weighted by Crippen LogP contribution is 2.30. The molecule has 1 saturated heterocycles. The molecular weight excluding hydrogens is 232 g/mol. The molecule has 1 aliphatic rings. The summed E-state index contributed by atoms with van der Waals surface area (Å²) >= 11 is 0. The number of nitrogens with zero attached hydrogens (tertiary/aromatic N) is 2. The van der Waals surface area contributed by atoms with Crippen molar-refractivity contribution >= 4 is 5.91 Å². The largest absolute Gasteiger partial charge is 0.391 e. The van der Waals surface area contributed by atoms with Gasteiger partial charge in [-0.25, -0.2) is 0 Å². The van der Waals surface area contributed by atoms with Crippen LogP contribution in [0.4, 0.5) is 0 Å². The molecule has 100 valence electrons. The van der Waals surface area contributed by atoms with Crippen molar-refractivity contribution in [1.82, 2.24) is 10.1 Å². The fourth-order valence-corrected chi connectivity index (χ4v) is 2.61. The maximum atomic E-state index is 12.6. The van der Waals surface area contributed by atoms with Crippen molar-refractivity contribution in [3.63, 3.8) is 0 Å². The van der Waals surface area contributed by atoms with Gasteiger partial charge in [-0.05, 0) is 19.3 Å². The number of hydrogen-bond acceptors (Lipinski definition) is 4. The van der Waals surface area contributed by atoms with E-state index in [-0.39, 0.29) is 23.8 Å². The Morgan fingerprint density at radius 1 is 1.61 bits per heavy atom. The molecule has 1 amide bonds. The molecule has 0 aliphatic carbocycles. The van der Waals surface area contributed by atoms with E-state index in [0.29, 0.717) is 18.7 Å². The lowest BCUT2D eigenvalue weighted by Crippen LogP contribution is -2.39. The van der Waals surface area contributed by atoms with Crippen LogP contribution in [0.25, 0.3) is 0 Å². The van der Waals surface area contributed by atoms with Gasteiger partial charge >= 0.3 is 0 Å². The maximum Gasteiger partial charge on any atom is 0.234 e. The molecule has 3 atom stereocenters. The van der Waals surface area contributed by atoms with Crippen molar-refractivity contribution in [2.24, 2.45) is 5.92 Å². The van der Waals surface area contributed by atoms with Gasteiger partial charge in [0.25, 0.3) is 0 Å². The first-order valence-electron chi connectivity index (χ1n) is 6.39. The average Bonchev–Trinajstić information content (AvgIpc) is 2.88. The molecular formula is C13H20N2O3. The summed E-state index contributed by atoms with van der Waals surface area (Å²) in [6, 6.07) is 1.82. The van der Waals surface area contributed by atoms with Crippen molar-refractivity contribution < 1.29 is 14.4 Å². The SMILES string of the molecule is CC(C)C(C(=O)N1CC(O)CC1C)c1ccno1. The zero-order valence-electron chi connectivity index (χ0n) is 11.0. The number of carbonyl (C=O) groups is 1. The first-order valence-corrected chi connectivity index (χ1v) is 6.39. The predicted molar refractivity (Wildman–Crippen MR) is 65.9 cm³/mol. The van der Waals surface area contributed by atoms with Gasteiger partial charge in [-0.3, -0.25) is 4.79 Å². The Kier molecular flexibility index (Phi) is 3.71. The number of aromatic nitrogens is 1. The topological polar surface area (TPSA) is 66.6 Å². The second kappa shape index (κ2) is 5.10. The van der Waals surface area contributed by atoms with E-state index in [2.05, 4.69) is 5.16 Å². The molecule has 2 heterocycles. The standard InChI is InChI=1S/C13H20N2O3/c1-8(2)12(11-4-5-14-18-11)13(17)15-7-10(16)6-9(15)3/h4-5,8-10,12,16H,6-7H2,1-3H3. The fraction of sp³-hybridized carbons (Fsp3) is 0.692. The maximum absolute atomic E-state index is 12.6. The minimum Gasteiger partial charge on any atom is -0.391 e. The van der Waals surface area contributed by atoms with Gasteiger partial charge in [-0.15, -0.1) is 0 Å². The number of β-amino-alcohol motifs (C(OH)–C–C–N with tert-alkyl or cyclic N) is 1. The molecule has 5 heteroatoms. The van der Waals surface area contributed by atoms with E-state index in [4.69, 9.17) is 4.52 Å². The van der Waals surface area contributed by atoms with Crippen molar-refractivity contribution in [1.29, 1.82) is 0 Å². The summed E-state index contributed by atoms with van der Waals surface area (Å²) in [5.74, 6) is 0.435. The lowest BCUT2D eigenvalue weighted by molar-refractivity contribution is -0.135. The summed E-state index contributed by atoms with van der Waals surface area (Å²) in [5, 5.41) is 13.3. The molecule has 18 heavy (non-hydrogen) atoms. The van der Waals surface area contributed by atoms with Crippen LogP contribution in [0.5, 0.6) is 0 Å². The van der Waals surface area contributed by atoms with Gasteiger partial charge < -0.3 is 14.5 Å². The minimum atomic E-state index is -0.411. The third-order valence-corrected chi connectivity index (χ3v) is 3.53. The van der Waals surface area contributed by atoms with Crippen LogP contribution in [0.15, 0.2) is 16.8 Å². The van der Waals surface area contributed by atoms with Crippen LogP contribution in [0, 0.1) is 5.92 Å². The second-order valence-electron chi connectivity index (χ2n) is 5.37. The zero-order chi connectivity index (χ0) is 13.3. The Labute approximate surface area is 107 Å². The summed E-state index contributed by atoms with van der Waals surface area (Å²) in [7, 11) is 0. The van der Waals surface area contributed by atoms with Gasteiger partial charge in [0.2, 0.25) is 5.91 Å². The van der Waals surface area contributed by atoms with Crippen LogP contribution in [-0.4, -0.2) is 39.8 Å². The number of hydrogen-bond donors (Lipinski definition) is 1. The summed E-state index contributed by atoms with van der Waals surface area (Å²) in [6.07, 6.45) is 1.79. The highest BCUT2D eigenvalue weighted by molar-refractivity contribution is 5.84. The van der Waals surface area contributed by atoms with Gasteiger partial charge in [0.15, 0.2) is 0 Å². The molecule has 0 bridgehead atoms. The number of rotatable bonds is 3. The summed E-state index contributed by atoms with van der Waals surface area (Å²) in [4.78, 5) is 14.3. The lowest BCUT2D eigenvalue weighted by Gasteiger charge is -2.27. The molecule has 1 fully saturated rings. The average molecular weight is 252 g/mol. The smallest absolute Gasteiger partial charge is 0.234 e. The number of aliphatic hydroxyl groups is 1. The van der Waals surface area contributed by atoms with Gasteiger partial charge in [-0.2, -0.15) is 0 Å². The zero-order valence-corrected chi connectivity index (χ0v) is 11.0. The van der Waals surface area contributed by atoms with E-state index in [1.165, 1.54) is 0 Å². The molecule has 3 unspecified atom stereocenters. The molecule has 1 aromatic heterocycles. The van der Waals surface area contributed by atoms with Gasteiger partial charge in [0, 0.05) is 18.7 Å². The van der Waals surface area contributed by atoms with Gasteiger partial charge in [0.1, 0.15) is 11.7 Å². The van der Waals surface area contributed by atoms with Crippen LogP contribution in [0.1, 0.15) is 38.9 Å². The first-order chi connectivity index (χ1) is 8.50. The quantitative estimate of drug-likeness (QED) is 0.883. The monoisotopic (exact) mass is 252 g/mol. The van der Waals surface area contributed by atoms with Crippen LogP contribution >= 0.6 is 0 Å². The van der Waals surface area contributed by atoms with Crippen molar-refractivity contribution in [3.05, 3.63) is 18.0 Å². The molecule has 1 aromatic rings. The molecule has 1 N–H and O–H groups in total. The predicted octanol–water partition coefficient (Wildman–Crippen LogP) is 1.40. The van der Waals surface area contributed by atoms with E-state index in [0.717, 1.165) is 0 Å². The summed E-state index contributed by atoms with van der Waals surface area (Å²) < 4.78 is 5.14. The molecule has 0 spiro atoms. The highest BCUT2D eigenvalue weighted by atomic mass is 16.5. The molecule has 0 aromatic carbocycles. The fourth-order valence-electron chi connectivity index (χ4n) is 2.61. The highest BCUT2D eigenvalue weighted by Gasteiger charge is 2.37. The van der Waals surface area contributed by atoms with E-state index < -0.39 is 6.10 Å². The normalized spacial score (nSPS) is 25.7. The Hall–Kier alpha value is -1.36. The summed E-state index contributed by atoms with van der Waals surface area (Å²) in [5.41, 5.74) is 0. The van der Waals surface area contributed by atoms with Crippen LogP contribution in [0.3, 0.4) is 0 Å². The van der Waals surface area contributed by atoms with Crippen molar-refractivity contribution in [2.75, 3.05) is 6.54 Å². The van der Waals surface area contributed by atoms with E-state index in [9.17, 15) is 9.90 Å². The Morgan fingerprint density at radius 3 is 2.78 bits per heavy atom. The Morgan fingerprint density at radius 2 is 2.33 bits per heavy atom. The van der Waals surface area contributed by atoms with Crippen LogP contribution in [-0.2, 0) is 4.79 Å². The third-order valence-electron chi connectivity index (χ3n) is 3.53.